The van der Waals surface area contributed by atoms with Crippen molar-refractivity contribution in [1.82, 2.24) is 0 Å². The van der Waals surface area contributed by atoms with Gasteiger partial charge in [0, 0.05) is 18.9 Å². The van der Waals surface area contributed by atoms with E-state index in [2.05, 4.69) is 0 Å². The summed E-state index contributed by atoms with van der Waals surface area (Å²) in [6.07, 6.45) is 0.101. The van der Waals surface area contributed by atoms with E-state index >= 15 is 0 Å². The van der Waals surface area contributed by atoms with Gasteiger partial charge in [-0.3, -0.25) is 4.79 Å². The molecule has 5 heteroatoms. The summed E-state index contributed by atoms with van der Waals surface area (Å²) in [6.45, 7) is 0. The lowest BCUT2D eigenvalue weighted by molar-refractivity contribution is -0.117. The minimum Gasteiger partial charge on any atom is -0.299 e. The molecule has 0 aliphatic rings. The molecule has 0 saturated carbocycles. The lowest BCUT2D eigenvalue weighted by Gasteiger charge is -2.04. The van der Waals surface area contributed by atoms with E-state index in [0.717, 1.165) is 18.2 Å². The van der Waals surface area contributed by atoms with Crippen LogP contribution in [0.25, 0.3) is 0 Å². The van der Waals surface area contributed by atoms with Gasteiger partial charge in [-0.25, -0.2) is 8.78 Å². The third kappa shape index (κ3) is 4.02. The van der Waals surface area contributed by atoms with Crippen LogP contribution in [-0.4, -0.2) is 5.78 Å². The van der Waals surface area contributed by atoms with Crippen molar-refractivity contribution in [2.75, 3.05) is 0 Å². The molecular weight excluding hydrogens is 305 g/mol. The van der Waals surface area contributed by atoms with Gasteiger partial charge in [-0.1, -0.05) is 29.3 Å². The van der Waals surface area contributed by atoms with E-state index in [-0.39, 0.29) is 18.6 Å². The van der Waals surface area contributed by atoms with Crippen molar-refractivity contribution >= 4 is 29.0 Å². The Bertz CT molecular complexity index is 636. The maximum Gasteiger partial charge on any atom is 0.141 e. The van der Waals surface area contributed by atoms with Crippen LogP contribution in [0, 0.1) is 11.6 Å². The highest BCUT2D eigenvalue weighted by Crippen LogP contribution is 2.23. The summed E-state index contributed by atoms with van der Waals surface area (Å²) in [5.41, 5.74) is 1.02. The van der Waals surface area contributed by atoms with Gasteiger partial charge in [-0.15, -0.1) is 0 Å². The number of rotatable bonds is 4. The zero-order valence-corrected chi connectivity index (χ0v) is 11.8. The van der Waals surface area contributed by atoms with Crippen molar-refractivity contribution in [3.05, 3.63) is 69.2 Å². The minimum absolute atomic E-state index is 0.0328. The molecule has 2 rings (SSSR count). The lowest BCUT2D eigenvalue weighted by atomic mass is 10.0. The average molecular weight is 315 g/mol. The fourth-order valence-corrected chi connectivity index (χ4v) is 2.20. The molecule has 0 spiro atoms. The third-order valence-electron chi connectivity index (χ3n) is 2.71. The fraction of sp³-hybridized carbons (Fsp3) is 0.133. The summed E-state index contributed by atoms with van der Waals surface area (Å²) < 4.78 is 26.0. The summed E-state index contributed by atoms with van der Waals surface area (Å²) in [5.74, 6) is -1.54. The summed E-state index contributed by atoms with van der Waals surface area (Å²) in [5, 5.41) is 0.781. The zero-order chi connectivity index (χ0) is 14.7. The first-order chi connectivity index (χ1) is 9.44. The molecule has 0 aliphatic heterocycles. The maximum atomic E-state index is 13.0. The molecule has 2 aromatic rings. The Kier molecular flexibility index (Phi) is 4.73. The van der Waals surface area contributed by atoms with E-state index in [4.69, 9.17) is 23.2 Å². The van der Waals surface area contributed by atoms with Gasteiger partial charge in [0.25, 0.3) is 0 Å². The quantitative estimate of drug-likeness (QED) is 0.804. The normalized spacial score (nSPS) is 10.6. The molecule has 0 saturated heterocycles. The molecule has 0 heterocycles. The summed E-state index contributed by atoms with van der Waals surface area (Å²) in [4.78, 5) is 11.9. The second kappa shape index (κ2) is 6.33. The molecule has 0 atom stereocenters. The van der Waals surface area contributed by atoms with Gasteiger partial charge in [0.05, 0.1) is 10.0 Å². The lowest BCUT2D eigenvalue weighted by Crippen LogP contribution is -2.07. The summed E-state index contributed by atoms with van der Waals surface area (Å²) in [7, 11) is 0. The topological polar surface area (TPSA) is 17.1 Å². The molecule has 0 fully saturated rings. The van der Waals surface area contributed by atoms with E-state index < -0.39 is 11.6 Å². The number of carbonyl (C=O) groups excluding carboxylic acids is 1. The van der Waals surface area contributed by atoms with Crippen LogP contribution in [0.15, 0.2) is 36.4 Å². The van der Waals surface area contributed by atoms with E-state index in [0.29, 0.717) is 21.2 Å². The van der Waals surface area contributed by atoms with Crippen molar-refractivity contribution in [2.45, 2.75) is 12.8 Å². The van der Waals surface area contributed by atoms with Crippen molar-refractivity contribution in [2.24, 2.45) is 0 Å². The van der Waals surface area contributed by atoms with Crippen LogP contribution in [0.5, 0.6) is 0 Å². The summed E-state index contributed by atoms with van der Waals surface area (Å²) >= 11 is 11.6. The Hall–Kier alpha value is -1.45. The predicted octanol–water partition coefficient (Wildman–Crippen LogP) is 4.63. The Morgan fingerprint density at radius 1 is 0.850 bits per heavy atom. The average Bonchev–Trinajstić information content (AvgIpc) is 2.32. The van der Waals surface area contributed by atoms with Gasteiger partial charge in [-0.2, -0.15) is 0 Å². The first-order valence-corrected chi connectivity index (χ1v) is 6.60. The monoisotopic (exact) mass is 314 g/mol. The molecule has 0 bridgehead atoms. The molecule has 0 radical (unpaired) electrons. The van der Waals surface area contributed by atoms with Crippen molar-refractivity contribution in [3.8, 4) is 0 Å². The van der Waals surface area contributed by atoms with Crippen LogP contribution in [0.1, 0.15) is 11.1 Å². The molecule has 0 N–H and O–H groups in total. The molecule has 0 amide bonds. The van der Waals surface area contributed by atoms with Crippen LogP contribution in [0.2, 0.25) is 10.0 Å². The highest BCUT2D eigenvalue weighted by Gasteiger charge is 2.09. The smallest absolute Gasteiger partial charge is 0.141 e. The molecule has 104 valence electrons. The summed E-state index contributed by atoms with van der Waals surface area (Å²) in [6, 6.07) is 7.97. The number of halogens is 4. The van der Waals surface area contributed by atoms with Gasteiger partial charge < -0.3 is 0 Å². The van der Waals surface area contributed by atoms with Crippen LogP contribution < -0.4 is 0 Å². The first-order valence-electron chi connectivity index (χ1n) is 5.84. The van der Waals surface area contributed by atoms with Gasteiger partial charge >= 0.3 is 0 Å². The van der Waals surface area contributed by atoms with Crippen LogP contribution in [0.3, 0.4) is 0 Å². The van der Waals surface area contributed by atoms with Crippen molar-refractivity contribution in [1.29, 1.82) is 0 Å². The highest BCUT2D eigenvalue weighted by molar-refractivity contribution is 6.42. The Balaban J connectivity index is 2.06. The van der Waals surface area contributed by atoms with Gasteiger partial charge in [0.15, 0.2) is 0 Å². The van der Waals surface area contributed by atoms with Crippen LogP contribution in [0.4, 0.5) is 8.78 Å². The van der Waals surface area contributed by atoms with E-state index in [1.165, 1.54) is 0 Å². The van der Waals surface area contributed by atoms with Gasteiger partial charge in [0.2, 0.25) is 0 Å². The molecule has 0 unspecified atom stereocenters. The number of hydrogen-bond acceptors (Lipinski definition) is 1. The molecule has 0 aromatic heterocycles. The number of carbonyl (C=O) groups is 1. The molecule has 2 aromatic carbocycles. The number of ketones is 1. The van der Waals surface area contributed by atoms with E-state index in [1.807, 2.05) is 0 Å². The van der Waals surface area contributed by atoms with Crippen LogP contribution in [-0.2, 0) is 17.6 Å². The molecule has 20 heavy (non-hydrogen) atoms. The van der Waals surface area contributed by atoms with Crippen molar-refractivity contribution < 1.29 is 13.6 Å². The second-order valence-corrected chi connectivity index (χ2v) is 5.23. The largest absolute Gasteiger partial charge is 0.299 e. The predicted molar refractivity (Wildman–Crippen MR) is 75.2 cm³/mol. The van der Waals surface area contributed by atoms with E-state index in [1.54, 1.807) is 18.2 Å². The van der Waals surface area contributed by atoms with Gasteiger partial charge in [0.1, 0.15) is 17.4 Å². The third-order valence-corrected chi connectivity index (χ3v) is 3.45. The standard InChI is InChI=1S/C15H10Cl2F2O/c16-14-2-1-9(7-15(14)17)5-13(20)6-10-3-11(18)8-12(19)4-10/h1-4,7-8H,5-6H2. The minimum atomic E-state index is -0.692. The van der Waals surface area contributed by atoms with Crippen LogP contribution >= 0.6 is 23.2 Å². The fourth-order valence-electron chi connectivity index (χ4n) is 1.88. The molecule has 0 aliphatic carbocycles. The van der Waals surface area contributed by atoms with Gasteiger partial charge in [-0.05, 0) is 35.4 Å². The number of hydrogen-bond donors (Lipinski definition) is 0. The maximum absolute atomic E-state index is 13.0. The first kappa shape index (κ1) is 14.9. The SMILES string of the molecule is O=C(Cc1cc(F)cc(F)c1)Cc1ccc(Cl)c(Cl)c1. The molecule has 1 nitrogen and oxygen atoms in total. The zero-order valence-electron chi connectivity index (χ0n) is 10.3. The number of Topliss-reactive ketones (excluding diaryl/α,β-unsaturated/α-hetero) is 1. The Morgan fingerprint density at radius 2 is 1.45 bits per heavy atom. The number of benzene rings is 2. The second-order valence-electron chi connectivity index (χ2n) is 4.42. The highest BCUT2D eigenvalue weighted by atomic mass is 35.5. The van der Waals surface area contributed by atoms with E-state index in [9.17, 15) is 13.6 Å². The van der Waals surface area contributed by atoms with Crippen molar-refractivity contribution in [3.63, 3.8) is 0 Å². The Labute approximate surface area is 125 Å². The Morgan fingerprint density at radius 3 is 2.05 bits per heavy atom. The molecular formula is C15H10Cl2F2O.